The summed E-state index contributed by atoms with van der Waals surface area (Å²) in [6.45, 7) is 4.51. The average Bonchev–Trinajstić information content (AvgIpc) is 3.12. The molecule has 1 aromatic heterocycles. The predicted molar refractivity (Wildman–Crippen MR) is 115 cm³/mol. The minimum atomic E-state index is -0.329. The second kappa shape index (κ2) is 9.29. The summed E-state index contributed by atoms with van der Waals surface area (Å²) in [6.07, 6.45) is 0.775. The van der Waals surface area contributed by atoms with E-state index in [0.29, 0.717) is 26.3 Å². The first kappa shape index (κ1) is 19.7. The van der Waals surface area contributed by atoms with Crippen LogP contribution in [-0.2, 0) is 16.0 Å². The van der Waals surface area contributed by atoms with Crippen molar-refractivity contribution in [2.24, 2.45) is 0 Å². The van der Waals surface area contributed by atoms with Crippen LogP contribution in [0.5, 0.6) is 0 Å². The highest BCUT2D eigenvalue weighted by atomic mass is 32.2. The van der Waals surface area contributed by atoms with Crippen molar-refractivity contribution in [1.29, 1.82) is 0 Å². The molecule has 1 N–H and O–H groups in total. The third kappa shape index (κ3) is 4.89. The van der Waals surface area contributed by atoms with Crippen LogP contribution in [0.1, 0.15) is 27.8 Å². The van der Waals surface area contributed by atoms with Crippen LogP contribution >= 0.6 is 11.8 Å². The topological polar surface area (TPSA) is 58.2 Å². The maximum Gasteiger partial charge on any atom is 0.240 e. The third-order valence-electron chi connectivity index (χ3n) is 5.06. The molecule has 3 aromatic rings. The summed E-state index contributed by atoms with van der Waals surface area (Å²) in [6, 6.07) is 20.3. The molecule has 1 atom stereocenters. The van der Waals surface area contributed by atoms with Gasteiger partial charge in [-0.2, -0.15) is 0 Å². The minimum Gasteiger partial charge on any atom is -0.378 e. The number of nitrogens with zero attached hydrogens (tertiary/aromatic N) is 2. The number of hydrogen-bond donors (Lipinski definition) is 1. The number of imidazole rings is 1. The van der Waals surface area contributed by atoms with Crippen LogP contribution in [0.15, 0.2) is 65.8 Å². The summed E-state index contributed by atoms with van der Waals surface area (Å²) in [5, 5.41) is 0.452. The van der Waals surface area contributed by atoms with Gasteiger partial charge in [0.15, 0.2) is 5.16 Å². The van der Waals surface area contributed by atoms with Gasteiger partial charge >= 0.3 is 0 Å². The van der Waals surface area contributed by atoms with Crippen molar-refractivity contribution >= 4 is 17.7 Å². The largest absolute Gasteiger partial charge is 0.378 e. The number of aryl methyl sites for hydroxylation is 1. The van der Waals surface area contributed by atoms with Crippen molar-refractivity contribution in [3.8, 4) is 0 Å². The van der Waals surface area contributed by atoms with Gasteiger partial charge in [-0.15, -0.1) is 0 Å². The Balaban J connectivity index is 1.56. The average molecular weight is 408 g/mol. The quantitative estimate of drug-likeness (QED) is 0.628. The molecule has 1 aliphatic heterocycles. The lowest BCUT2D eigenvalue weighted by Crippen LogP contribution is -2.42. The number of ether oxygens (including phenoxy) is 1. The van der Waals surface area contributed by atoms with Gasteiger partial charge in [0.2, 0.25) is 5.91 Å². The zero-order valence-electron chi connectivity index (χ0n) is 16.5. The van der Waals surface area contributed by atoms with Crippen LogP contribution in [0.25, 0.3) is 0 Å². The van der Waals surface area contributed by atoms with Crippen molar-refractivity contribution < 1.29 is 9.53 Å². The molecule has 1 unspecified atom stereocenters. The number of benzene rings is 2. The van der Waals surface area contributed by atoms with Gasteiger partial charge in [0.25, 0.3) is 0 Å². The number of carbonyl (C=O) groups excluding carboxylic acids is 1. The summed E-state index contributed by atoms with van der Waals surface area (Å²) in [5.41, 5.74) is 4.28. The Morgan fingerprint density at radius 2 is 1.76 bits per heavy atom. The Labute approximate surface area is 175 Å². The fourth-order valence-corrected chi connectivity index (χ4v) is 4.58. The van der Waals surface area contributed by atoms with Gasteiger partial charge in [0.05, 0.1) is 18.9 Å². The maximum absolute atomic E-state index is 13.3. The number of nitrogens with one attached hydrogen (secondary N) is 1. The highest BCUT2D eigenvalue weighted by Gasteiger charge is 2.29. The number of aromatic nitrogens is 2. The van der Waals surface area contributed by atoms with Crippen molar-refractivity contribution in [3.63, 3.8) is 0 Å². The highest BCUT2D eigenvalue weighted by Crippen LogP contribution is 2.36. The van der Waals surface area contributed by atoms with E-state index in [9.17, 15) is 4.79 Å². The fraction of sp³-hybridized carbons (Fsp3) is 0.304. The fourth-order valence-electron chi connectivity index (χ4n) is 3.43. The minimum absolute atomic E-state index is 0.114. The van der Waals surface area contributed by atoms with Gasteiger partial charge in [-0.05, 0) is 18.1 Å². The molecule has 2 heterocycles. The van der Waals surface area contributed by atoms with E-state index >= 15 is 0 Å². The lowest BCUT2D eigenvalue weighted by Gasteiger charge is -2.30. The normalized spacial score (nSPS) is 15.3. The molecule has 1 amide bonds. The molecular weight excluding hydrogens is 382 g/mol. The van der Waals surface area contributed by atoms with Crippen LogP contribution in [0.2, 0.25) is 0 Å². The number of carbonyl (C=O) groups is 1. The molecule has 6 heteroatoms. The Bertz CT molecular complexity index is 937. The van der Waals surface area contributed by atoms with Crippen molar-refractivity contribution in [2.45, 2.75) is 23.8 Å². The molecule has 0 aliphatic carbocycles. The lowest BCUT2D eigenvalue weighted by atomic mass is 10.1. The number of amides is 1. The van der Waals surface area contributed by atoms with Gasteiger partial charge in [-0.3, -0.25) is 4.79 Å². The molecule has 1 fully saturated rings. The molecule has 0 spiro atoms. The number of aromatic amines is 1. The van der Waals surface area contributed by atoms with Crippen molar-refractivity contribution in [2.75, 3.05) is 26.3 Å². The molecule has 0 saturated carbocycles. The van der Waals surface area contributed by atoms with Gasteiger partial charge in [-0.25, -0.2) is 4.98 Å². The molecule has 29 heavy (non-hydrogen) atoms. The first-order chi connectivity index (χ1) is 14.2. The van der Waals surface area contributed by atoms with Gasteiger partial charge < -0.3 is 14.6 Å². The smallest absolute Gasteiger partial charge is 0.240 e. The van der Waals surface area contributed by atoms with Crippen LogP contribution in [0, 0.1) is 6.92 Å². The van der Waals surface area contributed by atoms with E-state index in [4.69, 9.17) is 9.72 Å². The van der Waals surface area contributed by atoms with Gasteiger partial charge in [0.1, 0.15) is 5.25 Å². The van der Waals surface area contributed by atoms with Gasteiger partial charge in [-0.1, -0.05) is 72.4 Å². The summed E-state index contributed by atoms with van der Waals surface area (Å²) in [7, 11) is 0. The zero-order valence-corrected chi connectivity index (χ0v) is 17.3. The van der Waals surface area contributed by atoms with E-state index in [2.05, 4.69) is 17.1 Å². The molecule has 5 nitrogen and oxygen atoms in total. The summed E-state index contributed by atoms with van der Waals surface area (Å²) in [4.78, 5) is 23.4. The second-order valence-electron chi connectivity index (χ2n) is 7.12. The Kier molecular flexibility index (Phi) is 6.32. The van der Waals surface area contributed by atoms with Gasteiger partial charge in [0, 0.05) is 25.2 Å². The van der Waals surface area contributed by atoms with Crippen LogP contribution in [0.4, 0.5) is 0 Å². The lowest BCUT2D eigenvalue weighted by molar-refractivity contribution is -0.134. The Morgan fingerprint density at radius 3 is 2.45 bits per heavy atom. The number of rotatable bonds is 6. The Hall–Kier alpha value is -2.57. The molecule has 2 aromatic carbocycles. The first-order valence-corrected chi connectivity index (χ1v) is 10.8. The third-order valence-corrected chi connectivity index (χ3v) is 6.18. The number of H-pyrrole nitrogens is 1. The van der Waals surface area contributed by atoms with E-state index < -0.39 is 0 Å². The first-order valence-electron chi connectivity index (χ1n) is 9.88. The van der Waals surface area contributed by atoms with Crippen LogP contribution < -0.4 is 0 Å². The molecule has 1 aliphatic rings. The van der Waals surface area contributed by atoms with Crippen LogP contribution in [-0.4, -0.2) is 47.1 Å². The SMILES string of the molecule is Cc1[nH]c(SC(C(=O)N2CCOCC2)c2ccccc2)nc1Cc1ccccc1. The van der Waals surface area contributed by atoms with Crippen molar-refractivity contribution in [1.82, 2.24) is 14.9 Å². The molecule has 0 bridgehead atoms. The summed E-state index contributed by atoms with van der Waals surface area (Å²) in [5.74, 6) is 0.114. The van der Waals surface area contributed by atoms with Crippen LogP contribution in [0.3, 0.4) is 0 Å². The standard InChI is InChI=1S/C23H25N3O2S/c1-17-20(16-18-8-4-2-5-9-18)25-23(24-17)29-21(19-10-6-3-7-11-19)22(27)26-12-14-28-15-13-26/h2-11,21H,12-16H2,1H3,(H,24,25). The number of hydrogen-bond acceptors (Lipinski definition) is 4. The zero-order chi connectivity index (χ0) is 20.1. The molecule has 150 valence electrons. The molecule has 4 rings (SSSR count). The predicted octanol–water partition coefficient (Wildman–Crippen LogP) is 4.00. The number of thioether (sulfide) groups is 1. The Morgan fingerprint density at radius 1 is 1.10 bits per heavy atom. The highest BCUT2D eigenvalue weighted by molar-refractivity contribution is 8.00. The molecular formula is C23H25N3O2S. The second-order valence-corrected chi connectivity index (χ2v) is 8.22. The van der Waals surface area contributed by atoms with E-state index in [1.807, 2.05) is 60.4 Å². The summed E-state index contributed by atoms with van der Waals surface area (Å²) >= 11 is 1.49. The molecule has 0 radical (unpaired) electrons. The maximum atomic E-state index is 13.3. The monoisotopic (exact) mass is 407 g/mol. The van der Waals surface area contributed by atoms with E-state index in [1.165, 1.54) is 17.3 Å². The molecule has 1 saturated heterocycles. The van der Waals surface area contributed by atoms with E-state index in [1.54, 1.807) is 0 Å². The van der Waals surface area contributed by atoms with E-state index in [-0.39, 0.29) is 11.2 Å². The van der Waals surface area contributed by atoms with Crippen molar-refractivity contribution in [3.05, 3.63) is 83.2 Å². The number of morpholine rings is 1. The van der Waals surface area contributed by atoms with E-state index in [0.717, 1.165) is 28.5 Å². The summed E-state index contributed by atoms with van der Waals surface area (Å²) < 4.78 is 5.41.